The van der Waals surface area contributed by atoms with Crippen LogP contribution in [0.25, 0.3) is 0 Å². The van der Waals surface area contributed by atoms with E-state index in [9.17, 15) is 14.4 Å². The van der Waals surface area contributed by atoms with Gasteiger partial charge in [-0.05, 0) is 0 Å². The molecule has 0 fully saturated rings. The van der Waals surface area contributed by atoms with Crippen molar-refractivity contribution in [3.05, 3.63) is 12.7 Å². The fourth-order valence-corrected chi connectivity index (χ4v) is 0.228. The standard InChI is InChI=1S/C6H6O3.Co/c1-2-6(3-7,4-8)5-9;/h2-5H,1H2;. The van der Waals surface area contributed by atoms with Crippen molar-refractivity contribution < 1.29 is 31.2 Å². The molecular formula is C6H6CoO3. The topological polar surface area (TPSA) is 51.2 Å². The van der Waals surface area contributed by atoms with E-state index in [-0.39, 0.29) is 35.6 Å². The van der Waals surface area contributed by atoms with Crippen LogP contribution in [0.1, 0.15) is 0 Å². The minimum absolute atomic E-state index is 0. The van der Waals surface area contributed by atoms with Gasteiger partial charge in [-0.25, -0.2) is 0 Å². The Balaban J connectivity index is 0. The van der Waals surface area contributed by atoms with Crippen molar-refractivity contribution in [1.29, 1.82) is 0 Å². The summed E-state index contributed by atoms with van der Waals surface area (Å²) in [5.74, 6) is 0. The summed E-state index contributed by atoms with van der Waals surface area (Å²) in [6.07, 6.45) is 1.75. The molecule has 1 radical (unpaired) electrons. The van der Waals surface area contributed by atoms with Crippen molar-refractivity contribution in [1.82, 2.24) is 0 Å². The Morgan fingerprint density at radius 1 is 1.00 bits per heavy atom. The number of aldehydes is 3. The zero-order valence-electron chi connectivity index (χ0n) is 5.07. The van der Waals surface area contributed by atoms with Gasteiger partial charge < -0.3 is 14.4 Å². The number of carbonyl (C=O) groups is 3. The van der Waals surface area contributed by atoms with Gasteiger partial charge in [0.1, 0.15) is 18.9 Å². The van der Waals surface area contributed by atoms with Crippen LogP contribution in [-0.2, 0) is 31.2 Å². The monoisotopic (exact) mass is 185 g/mol. The molecule has 0 saturated heterocycles. The molecule has 0 bridgehead atoms. The Hall–Kier alpha value is -0.744. The molecule has 0 aliphatic heterocycles. The summed E-state index contributed by atoms with van der Waals surface area (Å²) in [4.78, 5) is 30.0. The maximum absolute atomic E-state index is 9.99. The molecular weight excluding hydrogens is 179 g/mol. The van der Waals surface area contributed by atoms with E-state index < -0.39 is 5.41 Å². The van der Waals surface area contributed by atoms with Gasteiger partial charge in [0, 0.05) is 16.8 Å². The third kappa shape index (κ3) is 2.24. The molecule has 57 valence electrons. The molecule has 0 aromatic carbocycles. The van der Waals surface area contributed by atoms with E-state index in [4.69, 9.17) is 0 Å². The summed E-state index contributed by atoms with van der Waals surface area (Å²) in [7, 11) is 0. The van der Waals surface area contributed by atoms with Crippen molar-refractivity contribution in [2.24, 2.45) is 5.41 Å². The van der Waals surface area contributed by atoms with Gasteiger partial charge in [-0.2, -0.15) is 0 Å². The van der Waals surface area contributed by atoms with Gasteiger partial charge in [0.05, 0.1) is 0 Å². The van der Waals surface area contributed by atoms with Crippen LogP contribution in [0.15, 0.2) is 12.7 Å². The van der Waals surface area contributed by atoms with Gasteiger partial charge >= 0.3 is 0 Å². The second-order valence-corrected chi connectivity index (χ2v) is 1.56. The van der Waals surface area contributed by atoms with Gasteiger partial charge in [0.2, 0.25) is 0 Å². The molecule has 10 heavy (non-hydrogen) atoms. The first-order valence-corrected chi connectivity index (χ1v) is 2.27. The van der Waals surface area contributed by atoms with Crippen LogP contribution in [0.2, 0.25) is 0 Å². The van der Waals surface area contributed by atoms with Gasteiger partial charge in [-0.15, -0.1) is 6.58 Å². The molecule has 3 nitrogen and oxygen atoms in total. The van der Waals surface area contributed by atoms with Crippen LogP contribution in [0.4, 0.5) is 0 Å². The van der Waals surface area contributed by atoms with E-state index in [1.807, 2.05) is 0 Å². The summed E-state index contributed by atoms with van der Waals surface area (Å²) in [6, 6.07) is 0. The molecule has 0 aromatic heterocycles. The normalized spacial score (nSPS) is 8.80. The van der Waals surface area contributed by atoms with E-state index in [2.05, 4.69) is 6.58 Å². The smallest absolute Gasteiger partial charge is 0.154 e. The summed E-state index contributed by atoms with van der Waals surface area (Å²) in [5.41, 5.74) is -1.61. The summed E-state index contributed by atoms with van der Waals surface area (Å²) < 4.78 is 0. The minimum atomic E-state index is -1.61. The SMILES string of the molecule is C=CC(C=O)(C=O)C=O.[Co]. The van der Waals surface area contributed by atoms with Gasteiger partial charge in [-0.3, -0.25) is 0 Å². The molecule has 0 amide bonds. The Bertz CT molecular complexity index is 116. The Kier molecular flexibility index (Phi) is 6.08. The van der Waals surface area contributed by atoms with E-state index in [0.29, 0.717) is 0 Å². The number of allylic oxidation sites excluding steroid dienone is 1. The van der Waals surface area contributed by atoms with Crippen LogP contribution in [0.3, 0.4) is 0 Å². The van der Waals surface area contributed by atoms with Crippen LogP contribution >= 0.6 is 0 Å². The summed E-state index contributed by atoms with van der Waals surface area (Å²) in [5, 5.41) is 0. The largest absolute Gasteiger partial charge is 0.301 e. The van der Waals surface area contributed by atoms with Crippen LogP contribution in [0.5, 0.6) is 0 Å². The number of hydrogen-bond donors (Lipinski definition) is 0. The van der Waals surface area contributed by atoms with Crippen molar-refractivity contribution in [2.75, 3.05) is 0 Å². The molecule has 0 rings (SSSR count). The molecule has 0 unspecified atom stereocenters. The van der Waals surface area contributed by atoms with E-state index >= 15 is 0 Å². The summed E-state index contributed by atoms with van der Waals surface area (Å²) in [6.45, 7) is 3.15. The minimum Gasteiger partial charge on any atom is -0.301 e. The first-order chi connectivity index (χ1) is 4.24. The molecule has 0 saturated carbocycles. The second kappa shape index (κ2) is 5.07. The Morgan fingerprint density at radius 2 is 1.30 bits per heavy atom. The Labute approximate surface area is 68.7 Å². The molecule has 0 atom stereocenters. The maximum atomic E-state index is 9.99. The van der Waals surface area contributed by atoms with E-state index in [1.54, 1.807) is 0 Å². The average molecular weight is 185 g/mol. The zero-order chi connectivity index (χ0) is 7.33. The first-order valence-electron chi connectivity index (χ1n) is 2.27. The van der Waals surface area contributed by atoms with Crippen molar-refractivity contribution in [2.45, 2.75) is 0 Å². The fourth-order valence-electron chi connectivity index (χ4n) is 0.228. The van der Waals surface area contributed by atoms with Crippen molar-refractivity contribution in [3.63, 3.8) is 0 Å². The fraction of sp³-hybridized carbons (Fsp3) is 0.167. The first kappa shape index (κ1) is 12.0. The van der Waals surface area contributed by atoms with E-state index in [0.717, 1.165) is 6.08 Å². The zero-order valence-corrected chi connectivity index (χ0v) is 6.12. The number of rotatable bonds is 4. The summed E-state index contributed by atoms with van der Waals surface area (Å²) >= 11 is 0. The quantitative estimate of drug-likeness (QED) is 0.345. The molecule has 0 aliphatic carbocycles. The number of hydrogen-bond acceptors (Lipinski definition) is 3. The molecule has 0 spiro atoms. The van der Waals surface area contributed by atoms with E-state index in [1.165, 1.54) is 0 Å². The van der Waals surface area contributed by atoms with Crippen molar-refractivity contribution in [3.8, 4) is 0 Å². The average Bonchev–Trinajstić information content (AvgIpc) is 1.95. The van der Waals surface area contributed by atoms with Crippen LogP contribution in [-0.4, -0.2) is 18.9 Å². The number of carbonyl (C=O) groups excluding carboxylic acids is 3. The maximum Gasteiger partial charge on any atom is 0.154 e. The van der Waals surface area contributed by atoms with Gasteiger partial charge in [-0.1, -0.05) is 6.08 Å². The Morgan fingerprint density at radius 3 is 1.30 bits per heavy atom. The second-order valence-electron chi connectivity index (χ2n) is 1.56. The van der Waals surface area contributed by atoms with Crippen LogP contribution in [0, 0.1) is 5.41 Å². The molecule has 4 heteroatoms. The van der Waals surface area contributed by atoms with Gasteiger partial charge in [0.15, 0.2) is 5.41 Å². The molecule has 0 aromatic rings. The predicted octanol–water partition coefficient (Wildman–Crippen LogP) is -0.247. The van der Waals surface area contributed by atoms with Crippen LogP contribution < -0.4 is 0 Å². The third-order valence-electron chi connectivity index (χ3n) is 0.966. The van der Waals surface area contributed by atoms with Crippen molar-refractivity contribution >= 4 is 18.9 Å². The molecule has 0 aliphatic rings. The molecule has 0 heterocycles. The predicted molar refractivity (Wildman–Crippen MR) is 30.8 cm³/mol. The third-order valence-corrected chi connectivity index (χ3v) is 0.966. The molecule has 0 N–H and O–H groups in total. The van der Waals surface area contributed by atoms with Gasteiger partial charge in [0.25, 0.3) is 0 Å².